The van der Waals surface area contributed by atoms with Crippen LogP contribution in [0.4, 0.5) is 16.2 Å². The molecule has 0 aliphatic heterocycles. The third-order valence-electron chi connectivity index (χ3n) is 2.81. The Kier molecular flexibility index (Phi) is 5.35. The molecule has 0 heterocycles. The molecule has 0 radical (unpaired) electrons. The molecule has 2 rings (SSSR count). The minimum absolute atomic E-state index is 0.0428. The summed E-state index contributed by atoms with van der Waals surface area (Å²) in [4.78, 5) is 11.8. The fourth-order valence-electron chi connectivity index (χ4n) is 1.72. The maximum Gasteiger partial charge on any atom is 0.321 e. The first-order valence-electron chi connectivity index (χ1n) is 6.44. The van der Waals surface area contributed by atoms with E-state index in [4.69, 9.17) is 33.7 Å². The van der Waals surface area contributed by atoms with Gasteiger partial charge in [-0.2, -0.15) is 0 Å². The molecule has 0 aliphatic rings. The van der Waals surface area contributed by atoms with Crippen molar-refractivity contribution in [2.45, 2.75) is 6.92 Å². The van der Waals surface area contributed by atoms with Gasteiger partial charge in [-0.3, -0.25) is 0 Å². The lowest BCUT2D eigenvalue weighted by molar-refractivity contribution is 0.235. The zero-order chi connectivity index (χ0) is 16.1. The van der Waals surface area contributed by atoms with Gasteiger partial charge in [-0.05, 0) is 42.8 Å². The first-order chi connectivity index (χ1) is 10.5. The molecule has 0 saturated heterocycles. The number of amides is 2. The summed E-state index contributed by atoms with van der Waals surface area (Å²) < 4.78 is 5.36. The van der Waals surface area contributed by atoms with E-state index < -0.39 is 6.03 Å². The van der Waals surface area contributed by atoms with Crippen LogP contribution in [0, 0.1) is 6.92 Å². The number of benzene rings is 2. The van der Waals surface area contributed by atoms with Crippen LogP contribution < -0.4 is 21.1 Å². The summed E-state index contributed by atoms with van der Waals surface area (Å²) >= 11 is 11.7. The van der Waals surface area contributed by atoms with Crippen LogP contribution >= 0.6 is 23.2 Å². The van der Waals surface area contributed by atoms with Crippen LogP contribution in [-0.2, 0) is 0 Å². The van der Waals surface area contributed by atoms with Gasteiger partial charge >= 0.3 is 6.03 Å². The number of rotatable bonds is 4. The summed E-state index contributed by atoms with van der Waals surface area (Å²) in [6, 6.07) is 9.79. The van der Waals surface area contributed by atoms with Gasteiger partial charge in [0.25, 0.3) is 0 Å². The Morgan fingerprint density at radius 3 is 2.73 bits per heavy atom. The van der Waals surface area contributed by atoms with Crippen molar-refractivity contribution in [3.8, 4) is 5.75 Å². The first-order valence-corrected chi connectivity index (χ1v) is 7.20. The zero-order valence-electron chi connectivity index (χ0n) is 11.8. The zero-order valence-corrected chi connectivity index (χ0v) is 13.3. The molecule has 0 aromatic heterocycles. The second-order valence-corrected chi connectivity index (χ2v) is 5.43. The lowest BCUT2D eigenvalue weighted by atomic mass is 10.2. The number of hydrogen-bond acceptors (Lipinski definition) is 3. The lowest BCUT2D eigenvalue weighted by Crippen LogP contribution is -2.32. The fraction of sp³-hybridized carbons (Fsp3) is 0.133. The average Bonchev–Trinajstić information content (AvgIpc) is 2.45. The molecule has 116 valence electrons. The molecule has 0 fully saturated rings. The van der Waals surface area contributed by atoms with Crippen molar-refractivity contribution in [2.24, 2.45) is 0 Å². The third kappa shape index (κ3) is 4.44. The predicted molar refractivity (Wildman–Crippen MR) is 89.7 cm³/mol. The summed E-state index contributed by atoms with van der Waals surface area (Å²) in [7, 11) is 0. The number of halogens is 2. The molecule has 0 saturated carbocycles. The first kappa shape index (κ1) is 16.3. The molecule has 0 bridgehead atoms. The molecule has 0 aliphatic carbocycles. The standard InChI is InChI=1S/C15H15Cl2N3O2/c1-9-2-4-12(18)13(6-9)20-15(21)19-8-22-14-5-3-10(16)7-11(14)17/h2-7H,8,18H2,1H3,(H2,19,20,21). The summed E-state index contributed by atoms with van der Waals surface area (Å²) in [5.74, 6) is 0.432. The van der Waals surface area contributed by atoms with E-state index >= 15 is 0 Å². The monoisotopic (exact) mass is 339 g/mol. The molecule has 7 heteroatoms. The number of hydrogen-bond donors (Lipinski definition) is 3. The van der Waals surface area contributed by atoms with Crippen molar-refractivity contribution in [1.82, 2.24) is 5.32 Å². The molecule has 22 heavy (non-hydrogen) atoms. The van der Waals surface area contributed by atoms with Crippen molar-refractivity contribution < 1.29 is 9.53 Å². The van der Waals surface area contributed by atoms with Gasteiger partial charge in [0.1, 0.15) is 5.75 Å². The Morgan fingerprint density at radius 1 is 1.23 bits per heavy atom. The van der Waals surface area contributed by atoms with Gasteiger partial charge in [0.2, 0.25) is 0 Å². The van der Waals surface area contributed by atoms with E-state index in [1.165, 1.54) is 0 Å². The molecular formula is C15H15Cl2N3O2. The number of nitrogens with one attached hydrogen (secondary N) is 2. The van der Waals surface area contributed by atoms with E-state index in [1.54, 1.807) is 30.3 Å². The third-order valence-corrected chi connectivity index (χ3v) is 3.34. The van der Waals surface area contributed by atoms with Crippen LogP contribution in [0.15, 0.2) is 36.4 Å². The van der Waals surface area contributed by atoms with Crippen molar-refractivity contribution in [1.29, 1.82) is 0 Å². The Hall–Kier alpha value is -2.11. The van der Waals surface area contributed by atoms with Crippen molar-refractivity contribution in [3.63, 3.8) is 0 Å². The molecule has 5 nitrogen and oxygen atoms in total. The van der Waals surface area contributed by atoms with Crippen molar-refractivity contribution in [3.05, 3.63) is 52.0 Å². The quantitative estimate of drug-likeness (QED) is 0.581. The molecule has 0 unspecified atom stereocenters. The number of carbonyl (C=O) groups excluding carboxylic acids is 1. The van der Waals surface area contributed by atoms with Crippen molar-refractivity contribution in [2.75, 3.05) is 17.8 Å². The Morgan fingerprint density at radius 2 is 2.00 bits per heavy atom. The van der Waals surface area contributed by atoms with Gasteiger partial charge in [0.15, 0.2) is 6.73 Å². The number of nitrogens with two attached hydrogens (primary N) is 1. The number of carbonyl (C=O) groups is 1. The largest absolute Gasteiger partial charge is 0.472 e. The highest BCUT2D eigenvalue weighted by Crippen LogP contribution is 2.27. The van der Waals surface area contributed by atoms with E-state index in [2.05, 4.69) is 10.6 Å². The van der Waals surface area contributed by atoms with E-state index in [1.807, 2.05) is 13.0 Å². The lowest BCUT2D eigenvalue weighted by Gasteiger charge is -2.12. The highest BCUT2D eigenvalue weighted by atomic mass is 35.5. The van der Waals surface area contributed by atoms with Gasteiger partial charge < -0.3 is 21.1 Å². The van der Waals surface area contributed by atoms with E-state index in [0.717, 1.165) is 5.56 Å². The second-order valence-electron chi connectivity index (χ2n) is 4.59. The summed E-state index contributed by atoms with van der Waals surface area (Å²) in [5, 5.41) is 6.09. The van der Waals surface area contributed by atoms with E-state index in [0.29, 0.717) is 27.2 Å². The highest BCUT2D eigenvalue weighted by molar-refractivity contribution is 6.35. The average molecular weight is 340 g/mol. The van der Waals surface area contributed by atoms with Gasteiger partial charge in [-0.1, -0.05) is 29.3 Å². The van der Waals surface area contributed by atoms with Crippen LogP contribution in [0.1, 0.15) is 5.56 Å². The van der Waals surface area contributed by atoms with Crippen LogP contribution in [0.2, 0.25) is 10.0 Å². The minimum atomic E-state index is -0.428. The molecule has 2 amide bonds. The Labute approximate surface area is 138 Å². The smallest absolute Gasteiger partial charge is 0.321 e. The Bertz CT molecular complexity index is 692. The topological polar surface area (TPSA) is 76.4 Å². The van der Waals surface area contributed by atoms with Crippen LogP contribution in [0.5, 0.6) is 5.75 Å². The predicted octanol–water partition coefficient (Wildman–Crippen LogP) is 4.04. The Balaban J connectivity index is 1.86. The van der Waals surface area contributed by atoms with Gasteiger partial charge in [0, 0.05) is 5.02 Å². The van der Waals surface area contributed by atoms with E-state index in [9.17, 15) is 4.79 Å². The number of ether oxygens (including phenoxy) is 1. The highest BCUT2D eigenvalue weighted by Gasteiger charge is 2.06. The fourth-order valence-corrected chi connectivity index (χ4v) is 2.18. The van der Waals surface area contributed by atoms with Crippen LogP contribution in [-0.4, -0.2) is 12.8 Å². The molecule has 0 spiro atoms. The maximum atomic E-state index is 11.8. The summed E-state index contributed by atoms with van der Waals surface area (Å²) in [6.07, 6.45) is 0. The molecule has 2 aromatic carbocycles. The number of aryl methyl sites for hydroxylation is 1. The number of urea groups is 1. The molecule has 2 aromatic rings. The van der Waals surface area contributed by atoms with Gasteiger partial charge in [0.05, 0.1) is 16.4 Å². The molecule has 4 N–H and O–H groups in total. The summed E-state index contributed by atoms with van der Waals surface area (Å²) in [5.41, 5.74) is 7.81. The molecular weight excluding hydrogens is 325 g/mol. The SMILES string of the molecule is Cc1ccc(N)c(NC(=O)NCOc2ccc(Cl)cc2Cl)c1. The van der Waals surface area contributed by atoms with Crippen molar-refractivity contribution >= 4 is 40.6 Å². The normalized spacial score (nSPS) is 10.1. The van der Waals surface area contributed by atoms with E-state index in [-0.39, 0.29) is 6.73 Å². The van der Waals surface area contributed by atoms with Gasteiger partial charge in [-0.15, -0.1) is 0 Å². The maximum absolute atomic E-state index is 11.8. The summed E-state index contributed by atoms with van der Waals surface area (Å²) in [6.45, 7) is 1.87. The number of nitrogen functional groups attached to an aromatic ring is 1. The molecule has 0 atom stereocenters. The number of anilines is 2. The van der Waals surface area contributed by atoms with Crippen LogP contribution in [0.25, 0.3) is 0 Å². The van der Waals surface area contributed by atoms with Crippen LogP contribution in [0.3, 0.4) is 0 Å². The second kappa shape index (κ2) is 7.24. The van der Waals surface area contributed by atoms with Gasteiger partial charge in [-0.25, -0.2) is 4.79 Å². The minimum Gasteiger partial charge on any atom is -0.472 e.